The van der Waals surface area contributed by atoms with E-state index in [1.807, 2.05) is 53.6 Å². The second-order valence-corrected chi connectivity index (χ2v) is 15.5. The first kappa shape index (κ1) is 37.1. The number of carbonyl (C=O) groups is 1. The SMILES string of the molecule is COc1cc(-c2cn(C)c(=O)c3cnccc23)cc(OC)c1CN1CCN(Cc2cccc3c2CCN(C(=O)/C(C#N)=C/c2nc4ccccc4s2)C3C)CC1. The average Bonchev–Trinajstić information content (AvgIpc) is 3.65. The number of ether oxygens (including phenoxy) is 2. The molecule has 1 atom stereocenters. The fourth-order valence-corrected chi connectivity index (χ4v) is 9.06. The topological polar surface area (TPSA) is 117 Å². The molecule has 12 heteroatoms. The van der Waals surface area contributed by atoms with Crippen molar-refractivity contribution in [3.8, 4) is 28.7 Å². The highest BCUT2D eigenvalue weighted by atomic mass is 32.1. The van der Waals surface area contributed by atoms with Gasteiger partial charge in [-0.05, 0) is 77.4 Å². The molecule has 284 valence electrons. The summed E-state index contributed by atoms with van der Waals surface area (Å²) in [6.45, 7) is 7.72. The summed E-state index contributed by atoms with van der Waals surface area (Å²) >= 11 is 1.48. The van der Waals surface area contributed by atoms with Gasteiger partial charge in [0.25, 0.3) is 11.5 Å². The quantitative estimate of drug-likeness (QED) is 0.119. The maximum absolute atomic E-state index is 13.7. The minimum Gasteiger partial charge on any atom is -0.496 e. The lowest BCUT2D eigenvalue weighted by molar-refractivity contribution is -0.129. The molecule has 3 aromatic heterocycles. The number of fused-ring (bicyclic) bond motifs is 3. The fourth-order valence-electron chi connectivity index (χ4n) is 8.15. The number of pyridine rings is 2. The van der Waals surface area contributed by atoms with Crippen molar-refractivity contribution in [1.29, 1.82) is 5.26 Å². The molecule has 0 spiro atoms. The van der Waals surface area contributed by atoms with Crippen molar-refractivity contribution >= 4 is 44.3 Å². The van der Waals surface area contributed by atoms with Crippen molar-refractivity contribution in [2.75, 3.05) is 46.9 Å². The third-order valence-electron chi connectivity index (χ3n) is 11.2. The number of benzene rings is 3. The van der Waals surface area contributed by atoms with Crippen molar-refractivity contribution in [1.82, 2.24) is 29.2 Å². The summed E-state index contributed by atoms with van der Waals surface area (Å²) in [4.78, 5) is 42.1. The van der Waals surface area contributed by atoms with Crippen molar-refractivity contribution in [2.45, 2.75) is 32.5 Å². The van der Waals surface area contributed by atoms with Gasteiger partial charge >= 0.3 is 0 Å². The number of aryl methyl sites for hydroxylation is 1. The van der Waals surface area contributed by atoms with Crippen LogP contribution in [0.4, 0.5) is 0 Å². The number of nitriles is 1. The van der Waals surface area contributed by atoms with E-state index in [1.54, 1.807) is 44.3 Å². The van der Waals surface area contributed by atoms with E-state index >= 15 is 0 Å². The molecule has 0 N–H and O–H groups in total. The Hall–Kier alpha value is -5.87. The van der Waals surface area contributed by atoms with E-state index in [0.29, 0.717) is 23.5 Å². The molecule has 5 heterocycles. The summed E-state index contributed by atoms with van der Waals surface area (Å²) in [5.41, 5.74) is 7.41. The Balaban J connectivity index is 0.939. The number of hydrogen-bond donors (Lipinski definition) is 0. The Morgan fingerprint density at radius 1 is 0.964 bits per heavy atom. The standard InChI is InChI=1S/C44H43N7O4S/c1-28-32-9-7-8-29(33(32)13-15-51(28)43(52)31(23-45)22-42-47-38-10-5-6-11-41(38)56-42)25-49-16-18-50(19-17-49)27-37-39(54-3)20-30(21-40(37)55-4)36-26-48(2)44(53)35-24-46-14-12-34(35)36/h5-12,14,20-22,24,26,28H,13,15-19,25,27H2,1-4H3/b31-22+. The molecule has 0 saturated carbocycles. The van der Waals surface area contributed by atoms with E-state index in [1.165, 1.54) is 22.5 Å². The van der Waals surface area contributed by atoms with Gasteiger partial charge in [-0.25, -0.2) is 4.98 Å². The molecule has 1 unspecified atom stereocenters. The molecule has 0 bridgehead atoms. The molecule has 2 aliphatic rings. The molecule has 2 aliphatic heterocycles. The molecule has 1 saturated heterocycles. The maximum atomic E-state index is 13.7. The van der Waals surface area contributed by atoms with Gasteiger partial charge in [-0.1, -0.05) is 30.3 Å². The highest BCUT2D eigenvalue weighted by Gasteiger charge is 2.31. The molecular weight excluding hydrogens is 723 g/mol. The molecule has 1 amide bonds. The van der Waals surface area contributed by atoms with Gasteiger partial charge in [0.1, 0.15) is 28.1 Å². The number of amides is 1. The molecule has 11 nitrogen and oxygen atoms in total. The maximum Gasteiger partial charge on any atom is 0.265 e. The van der Waals surface area contributed by atoms with Gasteiger partial charge in [0.15, 0.2) is 0 Å². The van der Waals surface area contributed by atoms with Crippen molar-refractivity contribution in [3.05, 3.63) is 122 Å². The zero-order valence-electron chi connectivity index (χ0n) is 32.0. The number of para-hydroxylation sites is 1. The van der Waals surface area contributed by atoms with Crippen molar-refractivity contribution in [3.63, 3.8) is 0 Å². The van der Waals surface area contributed by atoms with E-state index < -0.39 is 0 Å². The second-order valence-electron chi connectivity index (χ2n) is 14.4. The van der Waals surface area contributed by atoms with E-state index in [0.717, 1.165) is 88.5 Å². The Labute approximate surface area is 329 Å². The minimum absolute atomic E-state index is 0.0904. The van der Waals surface area contributed by atoms with Crippen LogP contribution >= 0.6 is 11.3 Å². The molecule has 0 radical (unpaired) electrons. The first-order valence-corrected chi connectivity index (χ1v) is 19.6. The monoisotopic (exact) mass is 765 g/mol. The molecule has 8 rings (SSSR count). The largest absolute Gasteiger partial charge is 0.496 e. The van der Waals surface area contributed by atoms with Gasteiger partial charge in [0.2, 0.25) is 0 Å². The number of methoxy groups -OCH3 is 2. The van der Waals surface area contributed by atoms with Crippen LogP contribution in [0.25, 0.3) is 38.2 Å². The Morgan fingerprint density at radius 3 is 2.41 bits per heavy atom. The zero-order valence-corrected chi connectivity index (χ0v) is 32.8. The molecule has 56 heavy (non-hydrogen) atoms. The first-order chi connectivity index (χ1) is 27.3. The number of aromatic nitrogens is 3. The number of nitrogens with zero attached hydrogens (tertiary/aromatic N) is 7. The summed E-state index contributed by atoms with van der Waals surface area (Å²) in [6, 6.07) is 22.2. The second kappa shape index (κ2) is 15.7. The van der Waals surface area contributed by atoms with Crippen LogP contribution < -0.4 is 15.0 Å². The van der Waals surface area contributed by atoms with Crippen molar-refractivity contribution < 1.29 is 14.3 Å². The van der Waals surface area contributed by atoms with Crippen LogP contribution in [0, 0.1) is 11.3 Å². The van der Waals surface area contributed by atoms with Crippen LogP contribution in [0.2, 0.25) is 0 Å². The van der Waals surface area contributed by atoms with Gasteiger partial charge in [-0.15, -0.1) is 11.3 Å². The van der Waals surface area contributed by atoms with Gasteiger partial charge in [-0.2, -0.15) is 5.26 Å². The van der Waals surface area contributed by atoms with Gasteiger partial charge in [0.05, 0.1) is 41.4 Å². The number of hydrogen-bond acceptors (Lipinski definition) is 10. The highest BCUT2D eigenvalue weighted by Crippen LogP contribution is 2.38. The number of piperazine rings is 1. The average molecular weight is 766 g/mol. The first-order valence-electron chi connectivity index (χ1n) is 18.8. The number of rotatable bonds is 9. The zero-order chi connectivity index (χ0) is 38.9. The Morgan fingerprint density at radius 2 is 1.70 bits per heavy atom. The van der Waals surface area contributed by atoms with Crippen LogP contribution in [0.5, 0.6) is 11.5 Å². The summed E-state index contributed by atoms with van der Waals surface area (Å²) in [5, 5.41) is 12.1. The van der Waals surface area contributed by atoms with Crippen LogP contribution in [0.1, 0.15) is 40.2 Å². The Bertz CT molecular complexity index is 2540. The van der Waals surface area contributed by atoms with Crippen LogP contribution in [-0.2, 0) is 31.4 Å². The minimum atomic E-state index is -0.257. The van der Waals surface area contributed by atoms with Gasteiger partial charge in [-0.3, -0.25) is 24.4 Å². The van der Waals surface area contributed by atoms with E-state index in [9.17, 15) is 14.9 Å². The molecular formula is C44H43N7O4S. The summed E-state index contributed by atoms with van der Waals surface area (Å²) in [6.07, 6.45) is 7.54. The molecule has 6 aromatic rings. The fraction of sp³-hybridized carbons (Fsp3) is 0.295. The summed E-state index contributed by atoms with van der Waals surface area (Å²) < 4.78 is 14.5. The lowest BCUT2D eigenvalue weighted by Crippen LogP contribution is -2.45. The normalized spacial score (nSPS) is 16.5. The molecule has 3 aromatic carbocycles. The van der Waals surface area contributed by atoms with E-state index in [-0.39, 0.29) is 23.1 Å². The summed E-state index contributed by atoms with van der Waals surface area (Å²) in [5.74, 6) is 1.22. The van der Waals surface area contributed by atoms with Crippen molar-refractivity contribution in [2.24, 2.45) is 7.05 Å². The predicted octanol–water partition coefficient (Wildman–Crippen LogP) is 6.60. The smallest absolute Gasteiger partial charge is 0.265 e. The molecule has 1 fully saturated rings. The summed E-state index contributed by atoms with van der Waals surface area (Å²) in [7, 11) is 5.12. The van der Waals surface area contributed by atoms with Gasteiger partial charge < -0.3 is 18.9 Å². The Kier molecular flexibility index (Phi) is 10.4. The van der Waals surface area contributed by atoms with Crippen LogP contribution in [0.15, 0.2) is 89.6 Å². The van der Waals surface area contributed by atoms with Crippen LogP contribution in [0.3, 0.4) is 0 Å². The number of thiazole rings is 1. The lowest BCUT2D eigenvalue weighted by atomic mass is 9.89. The van der Waals surface area contributed by atoms with Crippen LogP contribution in [-0.4, -0.2) is 82.1 Å². The third-order valence-corrected chi connectivity index (χ3v) is 12.1. The molecule has 0 aliphatic carbocycles. The number of carbonyl (C=O) groups excluding carboxylic acids is 1. The van der Waals surface area contributed by atoms with E-state index in [4.69, 9.17) is 9.47 Å². The highest BCUT2D eigenvalue weighted by molar-refractivity contribution is 7.19. The lowest BCUT2D eigenvalue weighted by Gasteiger charge is -2.38. The van der Waals surface area contributed by atoms with Gasteiger partial charge in [0, 0.05) is 77.0 Å². The van der Waals surface area contributed by atoms with E-state index in [2.05, 4.69) is 51.0 Å². The third kappa shape index (κ3) is 7.05. The predicted molar refractivity (Wildman–Crippen MR) is 220 cm³/mol.